The normalized spacial score (nSPS) is 16.5. The molecule has 1 aliphatic rings. The van der Waals surface area contributed by atoms with Gasteiger partial charge in [0.25, 0.3) is 0 Å². The Morgan fingerprint density at radius 2 is 2.21 bits per heavy atom. The first-order chi connectivity index (χ1) is 14.0. The first-order valence-electron chi connectivity index (χ1n) is 10.1. The van der Waals surface area contributed by atoms with Crippen molar-refractivity contribution in [2.45, 2.75) is 58.8 Å². The van der Waals surface area contributed by atoms with Crippen LogP contribution in [0.1, 0.15) is 58.1 Å². The highest BCUT2D eigenvalue weighted by Gasteiger charge is 2.17. The number of aryl methyl sites for hydroxylation is 1. The molecule has 0 saturated heterocycles. The average molecular weight is 420 g/mol. The molecule has 7 nitrogen and oxygen atoms in total. The van der Waals surface area contributed by atoms with Gasteiger partial charge in [0.05, 0.1) is 12.3 Å². The van der Waals surface area contributed by atoms with Crippen molar-refractivity contribution in [1.82, 2.24) is 15.3 Å². The maximum Gasteiger partial charge on any atom is 0.411 e. The van der Waals surface area contributed by atoms with E-state index in [1.807, 2.05) is 31.4 Å². The van der Waals surface area contributed by atoms with E-state index in [0.717, 1.165) is 56.3 Å². The third kappa shape index (κ3) is 8.23. The molecule has 1 unspecified atom stereocenters. The van der Waals surface area contributed by atoms with Gasteiger partial charge in [-0.1, -0.05) is 31.9 Å². The number of amides is 1. The molecule has 0 aliphatic carbocycles. The van der Waals surface area contributed by atoms with Crippen molar-refractivity contribution in [3.8, 4) is 0 Å². The minimum atomic E-state index is -0.408. The number of aliphatic imine (C=N–C) groups is 1. The summed E-state index contributed by atoms with van der Waals surface area (Å²) < 4.78 is 5.21. The Labute approximate surface area is 177 Å². The van der Waals surface area contributed by atoms with Gasteiger partial charge in [-0.3, -0.25) is 10.3 Å². The van der Waals surface area contributed by atoms with Crippen LogP contribution < -0.4 is 11.1 Å². The van der Waals surface area contributed by atoms with Gasteiger partial charge in [0, 0.05) is 11.9 Å². The number of nitrogen functional groups attached to an aromatic ring is 1. The molecule has 1 aliphatic heterocycles. The number of rotatable bonds is 9. The van der Waals surface area contributed by atoms with Crippen molar-refractivity contribution < 1.29 is 9.53 Å². The number of unbranched alkanes of at least 4 members (excludes halogenated alkanes) is 2. The Balaban J connectivity index is 1.62. The Kier molecular flexibility index (Phi) is 9.64. The second-order valence-electron chi connectivity index (χ2n) is 7.05. The van der Waals surface area contributed by atoms with Crippen LogP contribution in [0.5, 0.6) is 0 Å². The number of allylic oxidation sites excluding steroid dienone is 4. The van der Waals surface area contributed by atoms with Gasteiger partial charge in [0.1, 0.15) is 5.69 Å². The summed E-state index contributed by atoms with van der Waals surface area (Å²) in [5, 5.41) is 2.87. The van der Waals surface area contributed by atoms with Crippen LogP contribution >= 0.6 is 11.6 Å². The highest BCUT2D eigenvalue weighted by Crippen LogP contribution is 2.30. The second-order valence-corrected chi connectivity index (χ2v) is 7.38. The summed E-state index contributed by atoms with van der Waals surface area (Å²) in [7, 11) is 0. The van der Waals surface area contributed by atoms with Gasteiger partial charge in [-0.25, -0.2) is 9.78 Å². The van der Waals surface area contributed by atoms with Crippen LogP contribution in [0.2, 0.25) is 5.28 Å². The zero-order valence-electron chi connectivity index (χ0n) is 17.2. The SMILES string of the molecule is CC/C=C\C=C(C)NC(=O)OCCCCCC1C=Nc2c(N)nc(Cl)nc2CC1. The molecule has 0 bridgehead atoms. The summed E-state index contributed by atoms with van der Waals surface area (Å²) in [6, 6.07) is 0. The zero-order chi connectivity index (χ0) is 21.1. The van der Waals surface area contributed by atoms with Crippen molar-refractivity contribution in [2.24, 2.45) is 10.9 Å². The van der Waals surface area contributed by atoms with E-state index in [4.69, 9.17) is 22.1 Å². The van der Waals surface area contributed by atoms with E-state index in [9.17, 15) is 4.79 Å². The Bertz CT molecular complexity index is 777. The number of fused-ring (bicyclic) bond motifs is 1. The van der Waals surface area contributed by atoms with Gasteiger partial charge in [-0.15, -0.1) is 0 Å². The Morgan fingerprint density at radius 3 is 3.00 bits per heavy atom. The highest BCUT2D eigenvalue weighted by atomic mass is 35.5. The van der Waals surface area contributed by atoms with Crippen LogP contribution in [-0.4, -0.2) is 28.9 Å². The van der Waals surface area contributed by atoms with E-state index in [-0.39, 0.29) is 5.28 Å². The summed E-state index contributed by atoms with van der Waals surface area (Å²) >= 11 is 5.88. The van der Waals surface area contributed by atoms with E-state index < -0.39 is 6.09 Å². The summed E-state index contributed by atoms with van der Waals surface area (Å²) in [6.45, 7) is 4.31. The summed E-state index contributed by atoms with van der Waals surface area (Å²) in [6.07, 6.45) is 13.9. The van der Waals surface area contributed by atoms with Gasteiger partial charge >= 0.3 is 6.09 Å². The van der Waals surface area contributed by atoms with Crippen LogP contribution in [0.25, 0.3) is 0 Å². The molecule has 1 atom stereocenters. The van der Waals surface area contributed by atoms with E-state index >= 15 is 0 Å². The van der Waals surface area contributed by atoms with Crippen LogP contribution in [0.3, 0.4) is 0 Å². The number of ether oxygens (including phenoxy) is 1. The topological polar surface area (TPSA) is 102 Å². The number of nitrogens with two attached hydrogens (primary N) is 1. The van der Waals surface area contributed by atoms with Crippen molar-refractivity contribution in [3.63, 3.8) is 0 Å². The van der Waals surface area contributed by atoms with E-state index in [0.29, 0.717) is 24.0 Å². The van der Waals surface area contributed by atoms with Crippen LogP contribution in [0.4, 0.5) is 16.3 Å². The molecule has 29 heavy (non-hydrogen) atoms. The second kappa shape index (κ2) is 12.2. The fourth-order valence-electron chi connectivity index (χ4n) is 3.04. The lowest BCUT2D eigenvalue weighted by Gasteiger charge is -2.10. The number of aromatic nitrogens is 2. The van der Waals surface area contributed by atoms with E-state index in [1.54, 1.807) is 0 Å². The number of alkyl carbamates (subject to hydrolysis) is 1. The van der Waals surface area contributed by atoms with Gasteiger partial charge < -0.3 is 10.5 Å². The summed E-state index contributed by atoms with van der Waals surface area (Å²) in [5.41, 5.74) is 8.12. The number of carbonyl (C=O) groups excluding carboxylic acids is 1. The highest BCUT2D eigenvalue weighted by molar-refractivity contribution is 6.28. The van der Waals surface area contributed by atoms with Gasteiger partial charge in [-0.2, -0.15) is 4.98 Å². The third-order valence-electron chi connectivity index (χ3n) is 4.59. The maximum atomic E-state index is 11.7. The molecule has 2 rings (SSSR count). The number of halogens is 1. The first-order valence-corrected chi connectivity index (χ1v) is 10.5. The zero-order valence-corrected chi connectivity index (χ0v) is 17.9. The standard InChI is InChI=1S/C21H30ClN5O2/c1-3-4-6-9-15(2)25-21(28)29-13-8-5-7-10-16-11-12-17-18(24-14-16)19(23)27-20(22)26-17/h4,6,9,14,16H,3,5,7-8,10-13H2,1-2H3,(H,25,28)(H2,23,26,27)/b6-4-,15-9?. The molecule has 158 valence electrons. The minimum absolute atomic E-state index is 0.169. The molecular formula is C21H30ClN5O2. The van der Waals surface area contributed by atoms with Crippen LogP contribution in [-0.2, 0) is 11.2 Å². The predicted octanol–water partition coefficient (Wildman–Crippen LogP) is 5.13. The molecule has 2 heterocycles. The molecule has 0 radical (unpaired) electrons. The third-order valence-corrected chi connectivity index (χ3v) is 4.76. The Hall–Kier alpha value is -2.41. The van der Waals surface area contributed by atoms with Crippen LogP contribution in [0, 0.1) is 5.92 Å². The lowest BCUT2D eigenvalue weighted by Crippen LogP contribution is -2.22. The van der Waals surface area contributed by atoms with Crippen molar-refractivity contribution in [1.29, 1.82) is 0 Å². The van der Waals surface area contributed by atoms with Gasteiger partial charge in [0.15, 0.2) is 5.82 Å². The quantitative estimate of drug-likeness (QED) is 0.328. The van der Waals surface area contributed by atoms with Crippen molar-refractivity contribution >= 4 is 35.4 Å². The van der Waals surface area contributed by atoms with Crippen molar-refractivity contribution in [2.75, 3.05) is 12.3 Å². The first kappa shape index (κ1) is 22.9. The number of hydrogen-bond donors (Lipinski definition) is 2. The fourth-order valence-corrected chi connectivity index (χ4v) is 3.23. The average Bonchev–Trinajstić information content (AvgIpc) is 2.87. The molecule has 1 aromatic heterocycles. The molecule has 0 spiro atoms. The van der Waals surface area contributed by atoms with E-state index in [1.165, 1.54) is 0 Å². The monoisotopic (exact) mass is 419 g/mol. The number of carbonyl (C=O) groups is 1. The minimum Gasteiger partial charge on any atom is -0.449 e. The molecule has 1 amide bonds. The Morgan fingerprint density at radius 1 is 1.38 bits per heavy atom. The molecule has 0 saturated carbocycles. The van der Waals surface area contributed by atoms with Crippen molar-refractivity contribution in [3.05, 3.63) is 34.9 Å². The molecule has 1 aromatic rings. The number of nitrogens with one attached hydrogen (secondary N) is 1. The summed E-state index contributed by atoms with van der Waals surface area (Å²) in [4.78, 5) is 24.4. The molecular weight excluding hydrogens is 390 g/mol. The fraction of sp³-hybridized carbons (Fsp3) is 0.524. The molecule has 0 fully saturated rings. The number of nitrogens with zero attached hydrogens (tertiary/aromatic N) is 3. The smallest absolute Gasteiger partial charge is 0.411 e. The lowest BCUT2D eigenvalue weighted by atomic mass is 9.97. The largest absolute Gasteiger partial charge is 0.449 e. The van der Waals surface area contributed by atoms with Gasteiger partial charge in [0.2, 0.25) is 5.28 Å². The van der Waals surface area contributed by atoms with Crippen LogP contribution in [0.15, 0.2) is 28.9 Å². The lowest BCUT2D eigenvalue weighted by molar-refractivity contribution is 0.146. The molecule has 3 N–H and O–H groups in total. The predicted molar refractivity (Wildman–Crippen MR) is 118 cm³/mol. The van der Waals surface area contributed by atoms with E-state index in [2.05, 4.69) is 27.2 Å². The molecule has 0 aromatic carbocycles. The summed E-state index contributed by atoms with van der Waals surface area (Å²) in [5.74, 6) is 0.703. The maximum absolute atomic E-state index is 11.7. The number of hydrogen-bond acceptors (Lipinski definition) is 6. The number of anilines is 1. The van der Waals surface area contributed by atoms with Gasteiger partial charge in [-0.05, 0) is 62.6 Å². The molecule has 8 heteroatoms.